The summed E-state index contributed by atoms with van der Waals surface area (Å²) in [5.41, 5.74) is 20.3. The van der Waals surface area contributed by atoms with Gasteiger partial charge in [-0.2, -0.15) is 0 Å². The molecule has 0 unspecified atom stereocenters. The van der Waals surface area contributed by atoms with Gasteiger partial charge in [0.1, 0.15) is 11.2 Å². The lowest BCUT2D eigenvalue weighted by Gasteiger charge is -2.49. The molecule has 10 aromatic rings. The van der Waals surface area contributed by atoms with Crippen molar-refractivity contribution in [3.63, 3.8) is 0 Å². The number of anilines is 5. The van der Waals surface area contributed by atoms with Crippen molar-refractivity contribution in [2.24, 2.45) is 0 Å². The quantitative estimate of drug-likeness (QED) is 0.175. The van der Waals surface area contributed by atoms with Crippen LogP contribution in [0, 0.1) is 0 Å². The molecule has 0 atom stereocenters. The molecule has 312 valence electrons. The summed E-state index contributed by atoms with van der Waals surface area (Å²) in [7, 11) is 0.775. The van der Waals surface area contributed by atoms with Gasteiger partial charge in [0.2, 0.25) is 0 Å². The topological polar surface area (TPSA) is 28.4 Å². The summed E-state index contributed by atoms with van der Waals surface area (Å²) >= 11 is 0. The number of furan rings is 1. The molecule has 0 amide bonds. The molecule has 2 aliphatic heterocycles. The lowest BCUT2D eigenvalue weighted by atomic mass is 9.54. The first-order valence-corrected chi connectivity index (χ1v) is 23.3. The van der Waals surface area contributed by atoms with E-state index in [1.807, 2.05) is 0 Å². The maximum atomic E-state index is 6.71. The molecule has 0 bridgehead atoms. The third-order valence-corrected chi connectivity index (χ3v) is 15.4. The third-order valence-electron chi connectivity index (χ3n) is 15.4. The van der Waals surface area contributed by atoms with Crippen LogP contribution in [0.2, 0.25) is 0 Å². The van der Waals surface area contributed by atoms with Gasteiger partial charge in [0, 0.05) is 44.5 Å². The van der Waals surface area contributed by atoms with Crippen molar-refractivity contribution in [3.05, 3.63) is 221 Å². The zero-order chi connectivity index (χ0) is 43.7. The second-order valence-electron chi connectivity index (χ2n) is 19.9. The fraction of sp³-hybridized carbons (Fsp3) is 0.148. The third kappa shape index (κ3) is 5.50. The van der Waals surface area contributed by atoms with Gasteiger partial charge in [-0.25, -0.2) is 0 Å². The fourth-order valence-corrected chi connectivity index (χ4v) is 12.1. The average molecular weight is 837 g/mol. The number of nitrogens with one attached hydrogen (secondary N) is 1. The summed E-state index contributed by atoms with van der Waals surface area (Å²) in [6.45, 7) is 9.62. The molecular weight excluding hydrogens is 787 g/mol. The van der Waals surface area contributed by atoms with Crippen molar-refractivity contribution in [2.75, 3.05) is 10.2 Å². The van der Waals surface area contributed by atoms with E-state index in [2.05, 4.69) is 226 Å². The molecule has 0 saturated heterocycles. The largest absolute Gasteiger partial charge is 0.456 e. The van der Waals surface area contributed by atoms with E-state index in [4.69, 9.17) is 4.42 Å². The number of fused-ring (bicyclic) bond motifs is 10. The highest BCUT2D eigenvalue weighted by Gasteiger charge is 2.49. The van der Waals surface area contributed by atoms with Crippen LogP contribution in [0.25, 0.3) is 43.8 Å². The first-order valence-electron chi connectivity index (χ1n) is 23.3. The van der Waals surface area contributed by atoms with Gasteiger partial charge in [-0.3, -0.25) is 0 Å². The number of nitrogens with zero attached hydrogens (tertiary/aromatic N) is 1. The number of hydrogen-bond donors (Lipinski definition) is 1. The van der Waals surface area contributed by atoms with Crippen LogP contribution in [-0.4, -0.2) is 7.28 Å². The molecule has 13 rings (SSSR count). The molecule has 65 heavy (non-hydrogen) atoms. The molecule has 1 aliphatic carbocycles. The van der Waals surface area contributed by atoms with Crippen molar-refractivity contribution < 1.29 is 4.42 Å². The van der Waals surface area contributed by atoms with Crippen molar-refractivity contribution in [1.82, 2.24) is 0 Å². The predicted octanol–water partition coefficient (Wildman–Crippen LogP) is 14.4. The first-order chi connectivity index (χ1) is 31.7. The van der Waals surface area contributed by atoms with Gasteiger partial charge in [0.15, 0.2) is 7.28 Å². The first kappa shape index (κ1) is 38.2. The highest BCUT2D eigenvalue weighted by atomic mass is 16.3. The summed E-state index contributed by atoms with van der Waals surface area (Å²) in [5, 5.41) is 8.74. The second kappa shape index (κ2) is 13.9. The maximum Gasteiger partial charge on any atom is 0.198 e. The molecule has 3 nitrogen and oxygen atoms in total. The van der Waals surface area contributed by atoms with Crippen LogP contribution >= 0.6 is 0 Å². The van der Waals surface area contributed by atoms with E-state index >= 15 is 0 Å². The van der Waals surface area contributed by atoms with Crippen LogP contribution in [-0.2, 0) is 16.2 Å². The van der Waals surface area contributed by atoms with E-state index < -0.39 is 5.41 Å². The Balaban J connectivity index is 1.09. The highest BCUT2D eigenvalue weighted by Crippen LogP contribution is 2.59. The summed E-state index contributed by atoms with van der Waals surface area (Å²) < 4.78 is 6.71. The standard InChI is InChI=1S/C61H49BN2O/c1-59(2)32-33-60(3,4)50-35-41(30-31-47(50)59)63-52-36-45-43-24-13-16-29-54(43)65-55(45)37-44(52)46-34-38-18-11-12-23-42(38)57-56(46)62-51-27-17-26-49-58(51)64(57)53-28-15-14-25-48(53)61(49,39-19-7-5-8-20-39)40-21-9-6-10-22-40/h5-31,34-37,62-63H,32-33H2,1-4H3. The van der Waals surface area contributed by atoms with Crippen molar-refractivity contribution in [1.29, 1.82) is 0 Å². The van der Waals surface area contributed by atoms with Crippen LogP contribution in [0.1, 0.15) is 73.9 Å². The molecule has 3 aliphatic rings. The molecule has 3 heterocycles. The minimum absolute atomic E-state index is 0.0864. The van der Waals surface area contributed by atoms with Gasteiger partial charge in [0.25, 0.3) is 0 Å². The van der Waals surface area contributed by atoms with E-state index in [1.165, 1.54) is 90.5 Å². The van der Waals surface area contributed by atoms with E-state index in [0.717, 1.165) is 46.2 Å². The lowest BCUT2D eigenvalue weighted by molar-refractivity contribution is 0.332. The molecular formula is C61H49BN2O. The fourth-order valence-electron chi connectivity index (χ4n) is 12.1. The summed E-state index contributed by atoms with van der Waals surface area (Å²) in [6.07, 6.45) is 2.35. The van der Waals surface area contributed by atoms with Crippen LogP contribution in [0.5, 0.6) is 0 Å². The second-order valence-corrected chi connectivity index (χ2v) is 19.9. The monoisotopic (exact) mass is 836 g/mol. The summed E-state index contributed by atoms with van der Waals surface area (Å²) in [4.78, 5) is 2.62. The molecule has 0 fully saturated rings. The maximum absolute atomic E-state index is 6.71. The molecule has 1 N–H and O–H groups in total. The summed E-state index contributed by atoms with van der Waals surface area (Å²) in [5.74, 6) is 0. The molecule has 0 spiro atoms. The number of benzene rings is 9. The highest BCUT2D eigenvalue weighted by molar-refractivity contribution is 6.74. The van der Waals surface area contributed by atoms with Crippen LogP contribution < -0.4 is 21.1 Å². The van der Waals surface area contributed by atoms with Gasteiger partial charge in [-0.05, 0) is 116 Å². The minimum atomic E-state index is -0.534. The van der Waals surface area contributed by atoms with Gasteiger partial charge in [-0.15, -0.1) is 0 Å². The SMILES string of the molecule is CC1(C)CCC(C)(C)c2cc(Nc3cc4c(cc3-c3cc5ccccc5c5c3Bc3cccc6c3N5c3ccccc3C6(c3ccccc3)c3ccccc3)oc3ccccc34)ccc21. The molecule has 1 aromatic heterocycles. The van der Waals surface area contributed by atoms with Gasteiger partial charge < -0.3 is 14.6 Å². The molecule has 0 radical (unpaired) electrons. The number of para-hydroxylation sites is 3. The Labute approximate surface area is 381 Å². The number of hydrogen-bond acceptors (Lipinski definition) is 3. The Kier molecular flexibility index (Phi) is 8.14. The van der Waals surface area contributed by atoms with Gasteiger partial charge in [-0.1, -0.05) is 179 Å². The Morgan fingerprint density at radius 3 is 1.94 bits per heavy atom. The predicted molar refractivity (Wildman–Crippen MR) is 275 cm³/mol. The molecule has 0 saturated carbocycles. The molecule has 9 aromatic carbocycles. The van der Waals surface area contributed by atoms with Crippen molar-refractivity contribution >= 4 is 79.4 Å². The lowest BCUT2D eigenvalue weighted by Crippen LogP contribution is -2.47. The average Bonchev–Trinajstić information content (AvgIpc) is 3.70. The van der Waals surface area contributed by atoms with Crippen LogP contribution in [0.4, 0.5) is 28.4 Å². The molecule has 4 heteroatoms. The van der Waals surface area contributed by atoms with E-state index in [-0.39, 0.29) is 10.8 Å². The van der Waals surface area contributed by atoms with Gasteiger partial charge in [0.05, 0.1) is 11.1 Å². The zero-order valence-electron chi connectivity index (χ0n) is 37.4. The van der Waals surface area contributed by atoms with Crippen LogP contribution in [0.15, 0.2) is 192 Å². The Bertz CT molecular complexity index is 3530. The van der Waals surface area contributed by atoms with E-state index in [1.54, 1.807) is 0 Å². The van der Waals surface area contributed by atoms with Crippen molar-refractivity contribution in [2.45, 2.75) is 56.8 Å². The Morgan fingerprint density at radius 2 is 1.15 bits per heavy atom. The summed E-state index contributed by atoms with van der Waals surface area (Å²) in [6, 6.07) is 70.1. The minimum Gasteiger partial charge on any atom is -0.456 e. The van der Waals surface area contributed by atoms with Crippen molar-refractivity contribution in [3.8, 4) is 11.1 Å². The normalized spacial score (nSPS) is 16.0. The van der Waals surface area contributed by atoms with E-state index in [9.17, 15) is 0 Å². The van der Waals surface area contributed by atoms with Crippen LogP contribution in [0.3, 0.4) is 0 Å². The van der Waals surface area contributed by atoms with Gasteiger partial charge >= 0.3 is 0 Å². The Morgan fingerprint density at radius 1 is 0.492 bits per heavy atom. The Hall–Kier alpha value is -7.30. The smallest absolute Gasteiger partial charge is 0.198 e. The zero-order valence-corrected chi connectivity index (χ0v) is 37.4. The van der Waals surface area contributed by atoms with E-state index in [0.29, 0.717) is 0 Å². The number of rotatable bonds is 5.